The average Bonchev–Trinajstić information content (AvgIpc) is 2.70. The molecule has 0 saturated heterocycles. The predicted molar refractivity (Wildman–Crippen MR) is 110 cm³/mol. The molecule has 2 aromatic carbocycles. The Bertz CT molecular complexity index is 1070. The Morgan fingerprint density at radius 2 is 1.26 bits per heavy atom. The van der Waals surface area contributed by atoms with Gasteiger partial charge in [-0.15, -0.1) is 23.2 Å². The van der Waals surface area contributed by atoms with E-state index < -0.39 is 0 Å². The summed E-state index contributed by atoms with van der Waals surface area (Å²) >= 11 is 12.0. The first kappa shape index (κ1) is 19.5. The molecule has 6 heteroatoms. The maximum Gasteiger partial charge on any atom is 0.331 e. The molecule has 140 valence electrons. The maximum atomic E-state index is 13.0. The number of aromatic nitrogens is 2. The third-order valence-corrected chi connectivity index (χ3v) is 5.18. The number of aryl methyl sites for hydroxylation is 1. The molecular formula is C21H20Cl2N2O2. The standard InChI is InChI=1S/C21H20Cl2N2O2/c1-15-12-24(13-18-8-4-2-6-16(18)10-22)21(27)25(20(15)26)14-19-9-5-3-7-17(19)11-23/h2-9,12H,10-11,13-14H2,1H3. The van der Waals surface area contributed by atoms with Crippen LogP contribution in [0.3, 0.4) is 0 Å². The SMILES string of the molecule is Cc1cn(Cc2ccccc2CCl)c(=O)n(Cc2ccccc2CCl)c1=O. The van der Waals surface area contributed by atoms with Crippen LogP contribution in [0, 0.1) is 6.92 Å². The van der Waals surface area contributed by atoms with Gasteiger partial charge in [-0.25, -0.2) is 4.79 Å². The number of hydrogen-bond donors (Lipinski definition) is 0. The normalized spacial score (nSPS) is 10.9. The molecule has 0 bridgehead atoms. The Morgan fingerprint density at radius 3 is 1.78 bits per heavy atom. The minimum absolute atomic E-state index is 0.194. The minimum Gasteiger partial charge on any atom is -0.296 e. The van der Waals surface area contributed by atoms with Gasteiger partial charge in [-0.3, -0.25) is 13.9 Å². The second-order valence-corrected chi connectivity index (χ2v) is 6.95. The fraction of sp³-hybridized carbons (Fsp3) is 0.238. The van der Waals surface area contributed by atoms with E-state index in [4.69, 9.17) is 23.2 Å². The highest BCUT2D eigenvalue weighted by atomic mass is 35.5. The molecule has 3 aromatic rings. The molecule has 0 radical (unpaired) electrons. The predicted octanol–water partition coefficient (Wildman–Crippen LogP) is 3.89. The molecular weight excluding hydrogens is 383 g/mol. The summed E-state index contributed by atoms with van der Waals surface area (Å²) in [4.78, 5) is 25.6. The van der Waals surface area contributed by atoms with Crippen molar-refractivity contribution in [1.29, 1.82) is 0 Å². The van der Waals surface area contributed by atoms with Gasteiger partial charge in [0.2, 0.25) is 0 Å². The van der Waals surface area contributed by atoms with Crippen LogP contribution in [0.25, 0.3) is 0 Å². The summed E-state index contributed by atoms with van der Waals surface area (Å²) < 4.78 is 2.83. The van der Waals surface area contributed by atoms with Crippen molar-refractivity contribution >= 4 is 23.2 Å². The molecule has 0 spiro atoms. The molecule has 0 amide bonds. The van der Waals surface area contributed by atoms with E-state index in [2.05, 4.69) is 0 Å². The van der Waals surface area contributed by atoms with Crippen molar-refractivity contribution in [3.05, 3.63) is 103 Å². The van der Waals surface area contributed by atoms with E-state index in [0.717, 1.165) is 22.3 Å². The Morgan fingerprint density at radius 1 is 0.778 bits per heavy atom. The lowest BCUT2D eigenvalue weighted by Gasteiger charge is -2.14. The van der Waals surface area contributed by atoms with Gasteiger partial charge in [-0.05, 0) is 29.2 Å². The van der Waals surface area contributed by atoms with Gasteiger partial charge in [-0.2, -0.15) is 0 Å². The summed E-state index contributed by atoms with van der Waals surface area (Å²) in [6.07, 6.45) is 1.61. The Labute approximate surface area is 167 Å². The molecule has 1 aromatic heterocycles. The quantitative estimate of drug-likeness (QED) is 0.586. The molecule has 0 aliphatic carbocycles. The van der Waals surface area contributed by atoms with Crippen LogP contribution in [0.1, 0.15) is 27.8 Å². The van der Waals surface area contributed by atoms with Crippen LogP contribution in [0.4, 0.5) is 0 Å². The van der Waals surface area contributed by atoms with Crippen LogP contribution in [-0.2, 0) is 24.8 Å². The zero-order valence-corrected chi connectivity index (χ0v) is 16.5. The van der Waals surface area contributed by atoms with Crippen molar-refractivity contribution in [2.24, 2.45) is 0 Å². The Kier molecular flexibility index (Phi) is 6.19. The Hall–Kier alpha value is -2.30. The Balaban J connectivity index is 2.06. The van der Waals surface area contributed by atoms with E-state index >= 15 is 0 Å². The van der Waals surface area contributed by atoms with E-state index in [1.54, 1.807) is 17.7 Å². The minimum atomic E-state index is -0.348. The lowest BCUT2D eigenvalue weighted by Crippen LogP contribution is -2.41. The smallest absolute Gasteiger partial charge is 0.296 e. The van der Waals surface area contributed by atoms with Gasteiger partial charge in [0.15, 0.2) is 0 Å². The average molecular weight is 403 g/mol. The van der Waals surface area contributed by atoms with E-state index in [1.807, 2.05) is 48.5 Å². The second-order valence-electron chi connectivity index (χ2n) is 6.42. The summed E-state index contributed by atoms with van der Waals surface area (Å²) in [6.45, 7) is 2.27. The monoisotopic (exact) mass is 402 g/mol. The summed E-state index contributed by atoms with van der Waals surface area (Å²) in [6, 6.07) is 15.3. The summed E-state index contributed by atoms with van der Waals surface area (Å²) in [5, 5.41) is 0. The zero-order chi connectivity index (χ0) is 19.4. The number of alkyl halides is 2. The topological polar surface area (TPSA) is 44.0 Å². The van der Waals surface area contributed by atoms with Crippen LogP contribution in [0.5, 0.6) is 0 Å². The summed E-state index contributed by atoms with van der Waals surface area (Å²) in [7, 11) is 0. The molecule has 0 unspecified atom stereocenters. The molecule has 3 rings (SSSR count). The third kappa shape index (κ3) is 4.18. The van der Waals surface area contributed by atoms with Crippen LogP contribution >= 0.6 is 23.2 Å². The van der Waals surface area contributed by atoms with Crippen molar-refractivity contribution in [2.75, 3.05) is 0 Å². The lowest BCUT2D eigenvalue weighted by atomic mass is 10.1. The fourth-order valence-electron chi connectivity index (χ4n) is 3.09. The van der Waals surface area contributed by atoms with E-state index in [9.17, 15) is 9.59 Å². The van der Waals surface area contributed by atoms with Crippen molar-refractivity contribution < 1.29 is 0 Å². The molecule has 0 N–H and O–H groups in total. The largest absolute Gasteiger partial charge is 0.331 e. The number of halogens is 2. The molecule has 4 nitrogen and oxygen atoms in total. The molecule has 0 saturated carbocycles. The molecule has 0 aliphatic rings. The van der Waals surface area contributed by atoms with Crippen LogP contribution in [-0.4, -0.2) is 9.13 Å². The first-order valence-corrected chi connectivity index (χ1v) is 9.68. The van der Waals surface area contributed by atoms with Gasteiger partial charge < -0.3 is 0 Å². The summed E-state index contributed by atoms with van der Waals surface area (Å²) in [5.41, 5.74) is 3.58. The van der Waals surface area contributed by atoms with Gasteiger partial charge in [0.1, 0.15) is 0 Å². The number of hydrogen-bond acceptors (Lipinski definition) is 2. The van der Waals surface area contributed by atoms with Gasteiger partial charge in [0.25, 0.3) is 5.56 Å². The highest BCUT2D eigenvalue weighted by molar-refractivity contribution is 6.17. The van der Waals surface area contributed by atoms with Gasteiger partial charge in [0.05, 0.1) is 13.1 Å². The molecule has 27 heavy (non-hydrogen) atoms. The molecule has 1 heterocycles. The highest BCUT2D eigenvalue weighted by Crippen LogP contribution is 2.14. The zero-order valence-electron chi connectivity index (χ0n) is 15.0. The molecule has 0 aliphatic heterocycles. The van der Waals surface area contributed by atoms with Gasteiger partial charge in [0, 0.05) is 23.5 Å². The maximum absolute atomic E-state index is 13.0. The molecule has 0 atom stereocenters. The van der Waals surface area contributed by atoms with Gasteiger partial charge in [-0.1, -0.05) is 48.5 Å². The summed E-state index contributed by atoms with van der Waals surface area (Å²) in [5.74, 6) is 0.695. The van der Waals surface area contributed by atoms with E-state index in [0.29, 0.717) is 23.9 Å². The van der Waals surface area contributed by atoms with Crippen molar-refractivity contribution in [2.45, 2.75) is 31.8 Å². The van der Waals surface area contributed by atoms with Crippen LogP contribution in [0.15, 0.2) is 64.3 Å². The number of benzene rings is 2. The van der Waals surface area contributed by atoms with E-state index in [1.165, 1.54) is 4.57 Å². The number of nitrogens with zero attached hydrogens (tertiary/aromatic N) is 2. The number of rotatable bonds is 6. The first-order chi connectivity index (χ1) is 13.0. The molecule has 0 fully saturated rings. The first-order valence-electron chi connectivity index (χ1n) is 8.61. The highest BCUT2D eigenvalue weighted by Gasteiger charge is 2.12. The van der Waals surface area contributed by atoms with Crippen LogP contribution in [0.2, 0.25) is 0 Å². The van der Waals surface area contributed by atoms with E-state index in [-0.39, 0.29) is 17.8 Å². The van der Waals surface area contributed by atoms with Crippen LogP contribution < -0.4 is 11.2 Å². The van der Waals surface area contributed by atoms with Crippen molar-refractivity contribution in [3.8, 4) is 0 Å². The lowest BCUT2D eigenvalue weighted by molar-refractivity contribution is 0.603. The third-order valence-electron chi connectivity index (χ3n) is 4.60. The van der Waals surface area contributed by atoms with Gasteiger partial charge >= 0.3 is 5.69 Å². The van der Waals surface area contributed by atoms with Crippen molar-refractivity contribution in [3.63, 3.8) is 0 Å². The fourth-order valence-corrected chi connectivity index (χ4v) is 3.61. The van der Waals surface area contributed by atoms with Crippen molar-refractivity contribution in [1.82, 2.24) is 9.13 Å². The second kappa shape index (κ2) is 8.59.